The summed E-state index contributed by atoms with van der Waals surface area (Å²) >= 11 is 11.7. The molecule has 0 unspecified atom stereocenters. The van der Waals surface area contributed by atoms with E-state index in [1.165, 1.54) is 0 Å². The van der Waals surface area contributed by atoms with Crippen molar-refractivity contribution in [1.29, 1.82) is 5.26 Å². The normalized spacial score (nSPS) is 9.76. The van der Waals surface area contributed by atoms with Gasteiger partial charge in [0.05, 0.1) is 16.1 Å². The first kappa shape index (κ1) is 13.8. The molecule has 0 bridgehead atoms. The Morgan fingerprint density at radius 1 is 1.41 bits per heavy atom. The van der Waals surface area contributed by atoms with Crippen molar-refractivity contribution in [3.05, 3.63) is 33.8 Å². The molecule has 17 heavy (non-hydrogen) atoms. The van der Waals surface area contributed by atoms with Gasteiger partial charge >= 0.3 is 0 Å². The molecule has 0 radical (unpaired) electrons. The van der Waals surface area contributed by atoms with Crippen LogP contribution in [0.25, 0.3) is 0 Å². The van der Waals surface area contributed by atoms with Crippen molar-refractivity contribution >= 4 is 29.1 Å². The highest BCUT2D eigenvalue weighted by Gasteiger charge is 2.09. The van der Waals surface area contributed by atoms with Crippen LogP contribution in [-0.4, -0.2) is 17.9 Å². The second kappa shape index (κ2) is 6.48. The first-order valence-corrected chi connectivity index (χ1v) is 5.85. The van der Waals surface area contributed by atoms with E-state index in [9.17, 15) is 4.79 Å². The molecule has 1 amide bonds. The lowest BCUT2D eigenvalue weighted by Gasteiger charge is -2.16. The lowest BCUT2D eigenvalue weighted by atomic mass is 10.2. The summed E-state index contributed by atoms with van der Waals surface area (Å²) in [4.78, 5) is 13.1. The molecule has 0 aliphatic rings. The third-order valence-electron chi connectivity index (χ3n) is 2.28. The average molecular weight is 271 g/mol. The molecule has 1 aromatic rings. The maximum absolute atomic E-state index is 11.6. The van der Waals surface area contributed by atoms with Crippen LogP contribution in [-0.2, 0) is 11.3 Å². The fourth-order valence-corrected chi connectivity index (χ4v) is 1.67. The third-order valence-corrected chi connectivity index (χ3v) is 3.02. The summed E-state index contributed by atoms with van der Waals surface area (Å²) in [6.45, 7) is 0.459. The van der Waals surface area contributed by atoms with E-state index in [-0.39, 0.29) is 18.7 Å². The Bertz CT molecular complexity index is 454. The van der Waals surface area contributed by atoms with Gasteiger partial charge in [0.2, 0.25) is 5.91 Å². The quantitative estimate of drug-likeness (QED) is 0.843. The van der Waals surface area contributed by atoms with Gasteiger partial charge in [0.15, 0.2) is 0 Å². The van der Waals surface area contributed by atoms with Crippen LogP contribution >= 0.6 is 23.2 Å². The first-order chi connectivity index (χ1) is 8.04. The number of carbonyl (C=O) groups is 1. The lowest BCUT2D eigenvalue weighted by molar-refractivity contribution is -0.130. The molecule has 0 heterocycles. The molecule has 0 aliphatic carbocycles. The number of amides is 1. The van der Waals surface area contributed by atoms with Gasteiger partial charge in [-0.25, -0.2) is 0 Å². The third kappa shape index (κ3) is 4.26. The van der Waals surface area contributed by atoms with Crippen LogP contribution < -0.4 is 0 Å². The molecular formula is C12H12Cl2N2O. The van der Waals surface area contributed by atoms with Gasteiger partial charge in [0, 0.05) is 26.4 Å². The Morgan fingerprint density at radius 3 is 2.71 bits per heavy atom. The molecule has 0 aliphatic heterocycles. The number of benzene rings is 1. The molecule has 0 spiro atoms. The lowest BCUT2D eigenvalue weighted by Crippen LogP contribution is -2.25. The molecule has 90 valence electrons. The molecule has 0 saturated heterocycles. The fourth-order valence-electron chi connectivity index (χ4n) is 1.35. The van der Waals surface area contributed by atoms with Crippen LogP contribution in [0.2, 0.25) is 10.0 Å². The van der Waals surface area contributed by atoms with Crippen molar-refractivity contribution < 1.29 is 4.79 Å². The second-order valence-corrected chi connectivity index (χ2v) is 4.47. The number of halogens is 2. The summed E-state index contributed by atoms with van der Waals surface area (Å²) in [5, 5.41) is 9.37. The predicted octanol–water partition coefficient (Wildman–Crippen LogP) is 3.26. The zero-order chi connectivity index (χ0) is 12.8. The molecule has 5 heteroatoms. The summed E-state index contributed by atoms with van der Waals surface area (Å²) in [5.41, 5.74) is 0.909. The van der Waals surface area contributed by atoms with Crippen molar-refractivity contribution in [3.8, 4) is 6.07 Å². The summed E-state index contributed by atoms with van der Waals surface area (Å²) in [6, 6.07) is 7.20. The van der Waals surface area contributed by atoms with E-state index in [4.69, 9.17) is 28.5 Å². The Hall–Kier alpha value is -1.24. The fraction of sp³-hybridized carbons (Fsp3) is 0.333. The van der Waals surface area contributed by atoms with E-state index in [2.05, 4.69) is 0 Å². The highest BCUT2D eigenvalue weighted by molar-refractivity contribution is 6.42. The minimum Gasteiger partial charge on any atom is -0.341 e. The number of carbonyl (C=O) groups excluding carboxylic acids is 1. The zero-order valence-electron chi connectivity index (χ0n) is 9.41. The van der Waals surface area contributed by atoms with Crippen molar-refractivity contribution in [2.45, 2.75) is 19.4 Å². The van der Waals surface area contributed by atoms with Crippen molar-refractivity contribution in [2.75, 3.05) is 7.05 Å². The van der Waals surface area contributed by atoms with Gasteiger partial charge in [-0.15, -0.1) is 0 Å². The van der Waals surface area contributed by atoms with Gasteiger partial charge in [-0.1, -0.05) is 29.3 Å². The van der Waals surface area contributed by atoms with E-state index in [1.54, 1.807) is 24.1 Å². The molecule has 3 nitrogen and oxygen atoms in total. The second-order valence-electron chi connectivity index (χ2n) is 3.66. The van der Waals surface area contributed by atoms with Crippen molar-refractivity contribution in [3.63, 3.8) is 0 Å². The minimum atomic E-state index is -0.0578. The number of rotatable bonds is 4. The smallest absolute Gasteiger partial charge is 0.223 e. The highest BCUT2D eigenvalue weighted by Crippen LogP contribution is 2.23. The van der Waals surface area contributed by atoms with Gasteiger partial charge in [-0.3, -0.25) is 4.79 Å². The van der Waals surface area contributed by atoms with Gasteiger partial charge in [0.1, 0.15) is 0 Å². The predicted molar refractivity (Wildman–Crippen MR) is 67.8 cm³/mol. The Morgan fingerprint density at radius 2 is 2.12 bits per heavy atom. The number of nitrogens with zero attached hydrogens (tertiary/aromatic N) is 2. The molecular weight excluding hydrogens is 259 g/mol. The van der Waals surface area contributed by atoms with Crippen LogP contribution in [0.1, 0.15) is 18.4 Å². The van der Waals surface area contributed by atoms with Crippen LogP contribution in [0.15, 0.2) is 18.2 Å². The van der Waals surface area contributed by atoms with E-state index in [1.807, 2.05) is 12.1 Å². The average Bonchev–Trinajstić information content (AvgIpc) is 2.30. The Kier molecular flexibility index (Phi) is 5.27. The first-order valence-electron chi connectivity index (χ1n) is 5.09. The van der Waals surface area contributed by atoms with Crippen LogP contribution in [0.3, 0.4) is 0 Å². The molecule has 0 saturated carbocycles. The maximum Gasteiger partial charge on any atom is 0.223 e. The summed E-state index contributed by atoms with van der Waals surface area (Å²) in [5.74, 6) is -0.0578. The summed E-state index contributed by atoms with van der Waals surface area (Å²) in [7, 11) is 1.70. The summed E-state index contributed by atoms with van der Waals surface area (Å²) < 4.78 is 0. The largest absolute Gasteiger partial charge is 0.341 e. The molecule has 0 fully saturated rings. The van der Waals surface area contributed by atoms with Gasteiger partial charge in [-0.2, -0.15) is 5.26 Å². The number of nitriles is 1. The van der Waals surface area contributed by atoms with E-state index in [0.717, 1.165) is 5.56 Å². The summed E-state index contributed by atoms with van der Waals surface area (Å²) in [6.07, 6.45) is 0.485. The standard InChI is InChI=1S/C12H12Cl2N2O/c1-16(12(17)3-2-6-15)8-9-4-5-10(13)11(14)7-9/h4-5,7H,2-3,8H2,1H3. The SMILES string of the molecule is CN(Cc1ccc(Cl)c(Cl)c1)C(=O)CCC#N. The number of hydrogen-bond acceptors (Lipinski definition) is 2. The molecule has 1 rings (SSSR count). The van der Waals surface area contributed by atoms with Crippen LogP contribution in [0.4, 0.5) is 0 Å². The van der Waals surface area contributed by atoms with Crippen LogP contribution in [0, 0.1) is 11.3 Å². The highest BCUT2D eigenvalue weighted by atomic mass is 35.5. The van der Waals surface area contributed by atoms with Gasteiger partial charge < -0.3 is 4.90 Å². The Balaban J connectivity index is 2.62. The molecule has 1 aromatic carbocycles. The zero-order valence-corrected chi connectivity index (χ0v) is 10.9. The van der Waals surface area contributed by atoms with Crippen LogP contribution in [0.5, 0.6) is 0 Å². The topological polar surface area (TPSA) is 44.1 Å². The monoisotopic (exact) mass is 270 g/mol. The van der Waals surface area contributed by atoms with E-state index < -0.39 is 0 Å². The van der Waals surface area contributed by atoms with E-state index in [0.29, 0.717) is 16.6 Å². The maximum atomic E-state index is 11.6. The molecule has 0 atom stereocenters. The number of hydrogen-bond donors (Lipinski definition) is 0. The van der Waals surface area contributed by atoms with Gasteiger partial charge in [0.25, 0.3) is 0 Å². The molecule has 0 aromatic heterocycles. The van der Waals surface area contributed by atoms with Crippen molar-refractivity contribution in [1.82, 2.24) is 4.90 Å². The van der Waals surface area contributed by atoms with Gasteiger partial charge in [-0.05, 0) is 17.7 Å². The minimum absolute atomic E-state index is 0.0578. The van der Waals surface area contributed by atoms with Crippen molar-refractivity contribution in [2.24, 2.45) is 0 Å². The Labute approximate surface area is 111 Å². The molecule has 0 N–H and O–H groups in total. The van der Waals surface area contributed by atoms with E-state index >= 15 is 0 Å².